The fourth-order valence-corrected chi connectivity index (χ4v) is 5.65. The molecule has 36 heavy (non-hydrogen) atoms. The molecule has 0 bridgehead atoms. The highest BCUT2D eigenvalue weighted by Crippen LogP contribution is 2.41. The van der Waals surface area contributed by atoms with Crippen molar-refractivity contribution in [3.05, 3.63) is 103 Å². The summed E-state index contributed by atoms with van der Waals surface area (Å²) in [6, 6.07) is 36.5. The number of aryl methyl sites for hydroxylation is 1. The Morgan fingerprint density at radius 1 is 0.667 bits per heavy atom. The molecule has 4 nitrogen and oxygen atoms in total. The molecule has 0 saturated carbocycles. The average molecular weight is 469 g/mol. The van der Waals surface area contributed by atoms with E-state index >= 15 is 0 Å². The van der Waals surface area contributed by atoms with Gasteiger partial charge in [-0.05, 0) is 30.3 Å². The minimum atomic E-state index is 0.872. The van der Waals surface area contributed by atoms with E-state index in [2.05, 4.69) is 126 Å². The molecule has 7 aromatic rings. The number of furan rings is 1. The molecule has 0 aliphatic heterocycles. The van der Waals surface area contributed by atoms with Crippen LogP contribution in [0, 0.1) is 0 Å². The molecule has 3 heterocycles. The normalized spacial score (nSPS) is 11.8. The summed E-state index contributed by atoms with van der Waals surface area (Å²) in [6.45, 7) is 0. The van der Waals surface area contributed by atoms with Crippen molar-refractivity contribution < 1.29 is 8.98 Å². The van der Waals surface area contributed by atoms with Gasteiger partial charge >= 0.3 is 0 Å². The van der Waals surface area contributed by atoms with E-state index in [0.717, 1.165) is 39.3 Å². The molecule has 0 saturated heterocycles. The van der Waals surface area contributed by atoms with Crippen molar-refractivity contribution in [3.8, 4) is 17.1 Å². The van der Waals surface area contributed by atoms with Crippen molar-refractivity contribution in [2.24, 2.45) is 7.05 Å². The lowest BCUT2D eigenvalue weighted by atomic mass is 10.1. The maximum Gasteiger partial charge on any atom is 0.252 e. The third-order valence-electron chi connectivity index (χ3n) is 7.25. The van der Waals surface area contributed by atoms with Gasteiger partial charge < -0.3 is 13.9 Å². The lowest BCUT2D eigenvalue weighted by Gasteiger charge is -2.15. The smallest absolute Gasteiger partial charge is 0.252 e. The Balaban J connectivity index is 1.65. The van der Waals surface area contributed by atoms with Gasteiger partial charge in [0, 0.05) is 42.4 Å². The highest BCUT2D eigenvalue weighted by atomic mass is 16.3. The van der Waals surface area contributed by atoms with Gasteiger partial charge in [-0.25, -0.2) is 0 Å². The molecule has 0 fully saturated rings. The Labute approximate surface area is 209 Å². The molecule has 0 radical (unpaired) electrons. The van der Waals surface area contributed by atoms with E-state index in [1.807, 2.05) is 12.1 Å². The van der Waals surface area contributed by atoms with Crippen LogP contribution in [0.1, 0.15) is 0 Å². The molecule has 0 aliphatic rings. The zero-order valence-corrected chi connectivity index (χ0v) is 20.6. The monoisotopic (exact) mass is 468 g/mol. The van der Waals surface area contributed by atoms with Gasteiger partial charge in [0.15, 0.2) is 0 Å². The highest BCUT2D eigenvalue weighted by Gasteiger charge is 2.28. The van der Waals surface area contributed by atoms with Gasteiger partial charge in [-0.3, -0.25) is 0 Å². The predicted molar refractivity (Wildman–Crippen MR) is 149 cm³/mol. The Morgan fingerprint density at radius 3 is 1.89 bits per heavy atom. The first-order valence-corrected chi connectivity index (χ1v) is 12.2. The van der Waals surface area contributed by atoms with Crippen molar-refractivity contribution >= 4 is 49.4 Å². The SMILES string of the molecule is CN(C)c1c(-c2cc(-n3c4ccccc4c4ccccc43)c3ccccc3[n+]2C)oc2ccccc12. The summed E-state index contributed by atoms with van der Waals surface area (Å²) < 4.78 is 11.2. The van der Waals surface area contributed by atoms with Gasteiger partial charge in [-0.15, -0.1) is 0 Å². The van der Waals surface area contributed by atoms with Crippen molar-refractivity contribution in [2.75, 3.05) is 19.0 Å². The molecule has 0 amide bonds. The Bertz CT molecular complexity index is 1890. The molecule has 0 atom stereocenters. The first kappa shape index (κ1) is 20.8. The molecule has 7 rings (SSSR count). The Morgan fingerprint density at radius 2 is 1.22 bits per heavy atom. The quantitative estimate of drug-likeness (QED) is 0.255. The van der Waals surface area contributed by atoms with Crippen molar-refractivity contribution in [3.63, 3.8) is 0 Å². The molecule has 0 aliphatic carbocycles. The van der Waals surface area contributed by atoms with Crippen LogP contribution in [0.5, 0.6) is 0 Å². The number of nitrogens with zero attached hydrogens (tertiary/aromatic N) is 3. The van der Waals surface area contributed by atoms with Crippen LogP contribution < -0.4 is 9.47 Å². The number of pyridine rings is 1. The first-order chi connectivity index (χ1) is 17.6. The number of anilines is 1. The minimum absolute atomic E-state index is 0.872. The topological polar surface area (TPSA) is 25.2 Å². The van der Waals surface area contributed by atoms with Crippen LogP contribution in [0.3, 0.4) is 0 Å². The second kappa shape index (κ2) is 7.72. The lowest BCUT2D eigenvalue weighted by Crippen LogP contribution is -2.33. The summed E-state index contributed by atoms with van der Waals surface area (Å²) in [6.07, 6.45) is 0. The van der Waals surface area contributed by atoms with E-state index in [0.29, 0.717) is 0 Å². The molecule has 3 aromatic heterocycles. The lowest BCUT2D eigenvalue weighted by molar-refractivity contribution is -0.634. The van der Waals surface area contributed by atoms with E-state index in [1.165, 1.54) is 27.2 Å². The van der Waals surface area contributed by atoms with Gasteiger partial charge in [0.05, 0.1) is 27.8 Å². The van der Waals surface area contributed by atoms with Crippen molar-refractivity contribution in [2.45, 2.75) is 0 Å². The van der Waals surface area contributed by atoms with E-state index in [4.69, 9.17) is 4.42 Å². The fraction of sp³-hybridized carbons (Fsp3) is 0.0938. The Hall–Kier alpha value is -4.57. The second-order valence-corrected chi connectivity index (χ2v) is 9.53. The molecular weight excluding hydrogens is 442 g/mol. The van der Waals surface area contributed by atoms with Gasteiger partial charge in [0.2, 0.25) is 11.3 Å². The van der Waals surface area contributed by atoms with E-state index in [-0.39, 0.29) is 0 Å². The third kappa shape index (κ3) is 2.85. The van der Waals surface area contributed by atoms with Crippen molar-refractivity contribution in [1.29, 1.82) is 0 Å². The number of hydrogen-bond acceptors (Lipinski definition) is 2. The molecule has 0 unspecified atom stereocenters. The number of hydrogen-bond donors (Lipinski definition) is 0. The van der Waals surface area contributed by atoms with Crippen LogP contribution >= 0.6 is 0 Å². The van der Waals surface area contributed by atoms with Crippen LogP contribution in [0.25, 0.3) is 60.8 Å². The predicted octanol–water partition coefficient (Wildman–Crippen LogP) is 7.24. The standard InChI is InChI=1S/C32H26N3O/c1-33(2)31-24-15-7-11-19-30(24)36-32(31)29-20-28(23-14-6-8-16-25(23)34(29)3)35-26-17-9-4-12-21(26)22-13-5-10-18-27(22)35/h4-20H,1-3H3/q+1. The van der Waals surface area contributed by atoms with Gasteiger partial charge in [-0.1, -0.05) is 60.7 Å². The zero-order chi connectivity index (χ0) is 24.4. The largest absolute Gasteiger partial charge is 0.447 e. The number of benzene rings is 4. The summed E-state index contributed by atoms with van der Waals surface area (Å²) >= 11 is 0. The number of aromatic nitrogens is 2. The van der Waals surface area contributed by atoms with Crippen LogP contribution in [-0.4, -0.2) is 18.7 Å². The van der Waals surface area contributed by atoms with Crippen LogP contribution in [-0.2, 0) is 7.05 Å². The Kier molecular flexibility index (Phi) is 4.45. The molecule has 174 valence electrons. The summed E-state index contributed by atoms with van der Waals surface area (Å²) in [4.78, 5) is 2.15. The average Bonchev–Trinajstić information content (AvgIpc) is 3.46. The number of rotatable bonds is 3. The van der Waals surface area contributed by atoms with Crippen LogP contribution in [0.2, 0.25) is 0 Å². The molecule has 4 heteroatoms. The first-order valence-electron chi connectivity index (χ1n) is 12.2. The number of para-hydroxylation sites is 4. The van der Waals surface area contributed by atoms with Crippen molar-refractivity contribution in [1.82, 2.24) is 4.57 Å². The zero-order valence-electron chi connectivity index (χ0n) is 20.6. The van der Waals surface area contributed by atoms with Gasteiger partial charge in [0.1, 0.15) is 12.6 Å². The maximum atomic E-state index is 6.55. The molecular formula is C32H26N3O+. The van der Waals surface area contributed by atoms with E-state index in [9.17, 15) is 0 Å². The summed E-state index contributed by atoms with van der Waals surface area (Å²) in [5.41, 5.74) is 7.69. The summed E-state index contributed by atoms with van der Waals surface area (Å²) in [5, 5.41) is 4.82. The molecule has 0 spiro atoms. The van der Waals surface area contributed by atoms with Crippen LogP contribution in [0.4, 0.5) is 5.69 Å². The third-order valence-corrected chi connectivity index (χ3v) is 7.25. The van der Waals surface area contributed by atoms with E-state index < -0.39 is 0 Å². The fourth-order valence-electron chi connectivity index (χ4n) is 5.65. The number of fused-ring (bicyclic) bond motifs is 5. The van der Waals surface area contributed by atoms with Crippen LogP contribution in [0.15, 0.2) is 108 Å². The maximum absolute atomic E-state index is 6.55. The summed E-state index contributed by atoms with van der Waals surface area (Å²) in [5.74, 6) is 0.872. The van der Waals surface area contributed by atoms with Gasteiger partial charge in [-0.2, -0.15) is 4.57 Å². The van der Waals surface area contributed by atoms with E-state index in [1.54, 1.807) is 0 Å². The summed E-state index contributed by atoms with van der Waals surface area (Å²) in [7, 11) is 6.28. The molecule has 4 aromatic carbocycles. The second-order valence-electron chi connectivity index (χ2n) is 9.53. The minimum Gasteiger partial charge on any atom is -0.447 e. The highest BCUT2D eigenvalue weighted by molar-refractivity contribution is 6.10. The molecule has 0 N–H and O–H groups in total. The van der Waals surface area contributed by atoms with Gasteiger partial charge in [0.25, 0.3) is 5.69 Å².